The van der Waals surface area contributed by atoms with Crippen LogP contribution in [0.1, 0.15) is 6.42 Å². The van der Waals surface area contributed by atoms with Gasteiger partial charge in [-0.25, -0.2) is 4.79 Å². The number of aliphatic carboxylic acids is 1. The highest BCUT2D eigenvalue weighted by Gasteiger charge is 2.36. The zero-order chi connectivity index (χ0) is 18.4. The predicted molar refractivity (Wildman–Crippen MR) is 96.0 cm³/mol. The fourth-order valence-electron chi connectivity index (χ4n) is 2.31. The molecule has 0 aliphatic carbocycles. The third-order valence-electron chi connectivity index (χ3n) is 3.52. The minimum atomic E-state index is -1.22. The Morgan fingerprint density at radius 2 is 2.04 bits per heavy atom. The maximum absolute atomic E-state index is 12.0. The number of para-hydroxylation sites is 2. The maximum Gasteiger partial charge on any atom is 0.327 e. The minimum Gasteiger partial charge on any atom is -0.480 e. The number of anilines is 2. The highest BCUT2D eigenvalue weighted by Crippen LogP contribution is 2.16. The van der Waals surface area contributed by atoms with Crippen LogP contribution in [0.2, 0.25) is 0 Å². The molecule has 1 aromatic carbocycles. The van der Waals surface area contributed by atoms with E-state index >= 15 is 0 Å². The van der Waals surface area contributed by atoms with Crippen LogP contribution in [0.4, 0.5) is 16.2 Å². The average Bonchev–Trinajstić information content (AvgIpc) is 2.81. The van der Waals surface area contributed by atoms with E-state index in [-0.39, 0.29) is 6.54 Å². The number of carbonyl (C=O) groups excluding carboxylic acids is 2. The number of nitrogen functional groups attached to an aromatic ring is 1. The highest BCUT2D eigenvalue weighted by atomic mass is 32.1. The number of imide groups is 1. The topological polar surface area (TPSA) is 128 Å². The van der Waals surface area contributed by atoms with Crippen LogP contribution in [-0.4, -0.2) is 64.1 Å². The number of carbonyl (C=O) groups is 3. The summed E-state index contributed by atoms with van der Waals surface area (Å²) < 4.78 is 0. The maximum atomic E-state index is 12.0. The quantitative estimate of drug-likeness (QED) is 0.235. The lowest BCUT2D eigenvalue weighted by molar-refractivity contribution is -0.141. The van der Waals surface area contributed by atoms with Crippen molar-refractivity contribution in [3.63, 3.8) is 0 Å². The van der Waals surface area contributed by atoms with Gasteiger partial charge in [-0.05, 0) is 30.8 Å². The lowest BCUT2D eigenvalue weighted by Crippen LogP contribution is -2.38. The number of carboxylic acid groups (broad SMARTS) is 1. The lowest BCUT2D eigenvalue weighted by Gasteiger charge is -2.16. The van der Waals surface area contributed by atoms with E-state index in [0.29, 0.717) is 36.0 Å². The summed E-state index contributed by atoms with van der Waals surface area (Å²) in [6, 6.07) is 6.63. The third-order valence-corrected chi connectivity index (χ3v) is 3.77. The number of nitrogens with two attached hydrogens (primary N) is 1. The molecule has 1 heterocycles. The SMILES string of the molecule is Nc1ccccc1NC(=S)NCCCN1CC(=O)N(CC(=O)O)C1=O. The first kappa shape index (κ1) is 18.5. The van der Waals surface area contributed by atoms with Crippen LogP contribution >= 0.6 is 12.2 Å². The number of nitrogens with zero attached hydrogens (tertiary/aromatic N) is 2. The summed E-state index contributed by atoms with van der Waals surface area (Å²) in [4.78, 5) is 36.3. The van der Waals surface area contributed by atoms with Gasteiger partial charge in [-0.1, -0.05) is 12.1 Å². The number of benzene rings is 1. The Bertz CT molecular complexity index is 696. The normalized spacial score (nSPS) is 13.9. The van der Waals surface area contributed by atoms with Gasteiger partial charge in [0.05, 0.1) is 11.4 Å². The van der Waals surface area contributed by atoms with E-state index in [1.165, 1.54) is 4.90 Å². The molecule has 0 aromatic heterocycles. The van der Waals surface area contributed by atoms with Gasteiger partial charge in [0.1, 0.15) is 13.1 Å². The summed E-state index contributed by atoms with van der Waals surface area (Å²) in [5, 5.41) is 15.1. The van der Waals surface area contributed by atoms with Crippen molar-refractivity contribution in [3.05, 3.63) is 24.3 Å². The number of urea groups is 1. The standard InChI is InChI=1S/C15H19N5O4S/c16-10-4-1-2-5-11(10)18-14(25)17-6-3-7-19-8-12(21)20(15(19)24)9-13(22)23/h1-2,4-5H,3,6-9,16H2,(H,22,23)(H2,17,18,25). The minimum absolute atomic E-state index is 0.102. The second-order valence-corrected chi connectivity index (χ2v) is 5.81. The molecular formula is C15H19N5O4S. The van der Waals surface area contributed by atoms with Gasteiger partial charge in [-0.15, -0.1) is 0 Å². The van der Waals surface area contributed by atoms with Crippen molar-refractivity contribution >= 4 is 46.6 Å². The van der Waals surface area contributed by atoms with Gasteiger partial charge in [0.15, 0.2) is 5.11 Å². The Morgan fingerprint density at radius 1 is 1.32 bits per heavy atom. The number of hydrogen-bond acceptors (Lipinski definition) is 5. The Labute approximate surface area is 149 Å². The summed E-state index contributed by atoms with van der Waals surface area (Å²) in [5.74, 6) is -1.72. The molecule has 1 saturated heterocycles. The lowest BCUT2D eigenvalue weighted by atomic mass is 10.3. The highest BCUT2D eigenvalue weighted by molar-refractivity contribution is 7.80. The van der Waals surface area contributed by atoms with Crippen LogP contribution in [0.3, 0.4) is 0 Å². The first-order valence-electron chi connectivity index (χ1n) is 7.59. The molecule has 0 spiro atoms. The summed E-state index contributed by atoms with van der Waals surface area (Å²) in [7, 11) is 0. The molecule has 3 amide bonds. The fourth-order valence-corrected chi connectivity index (χ4v) is 2.52. The molecule has 2 rings (SSSR count). The number of hydrogen-bond donors (Lipinski definition) is 4. The van der Waals surface area contributed by atoms with Crippen LogP contribution < -0.4 is 16.4 Å². The van der Waals surface area contributed by atoms with Crippen LogP contribution in [0, 0.1) is 0 Å². The van der Waals surface area contributed by atoms with E-state index in [9.17, 15) is 14.4 Å². The van der Waals surface area contributed by atoms with Gasteiger partial charge in [0, 0.05) is 13.1 Å². The van der Waals surface area contributed by atoms with E-state index in [1.807, 2.05) is 12.1 Å². The molecule has 0 radical (unpaired) electrons. The van der Waals surface area contributed by atoms with Gasteiger partial charge < -0.3 is 26.4 Å². The second-order valence-electron chi connectivity index (χ2n) is 5.40. The first-order valence-corrected chi connectivity index (χ1v) is 7.99. The molecule has 0 saturated carbocycles. The van der Waals surface area contributed by atoms with E-state index in [0.717, 1.165) is 4.90 Å². The molecule has 0 atom stereocenters. The molecule has 1 aromatic rings. The van der Waals surface area contributed by atoms with Gasteiger partial charge >= 0.3 is 12.0 Å². The van der Waals surface area contributed by atoms with Crippen LogP contribution in [-0.2, 0) is 9.59 Å². The predicted octanol–water partition coefficient (Wildman–Crippen LogP) is 0.294. The van der Waals surface area contributed by atoms with Gasteiger partial charge in [-0.3, -0.25) is 14.5 Å². The Hall–Kier alpha value is -2.88. The van der Waals surface area contributed by atoms with Crippen molar-refractivity contribution in [2.45, 2.75) is 6.42 Å². The summed E-state index contributed by atoms with van der Waals surface area (Å²) in [5.41, 5.74) is 7.08. The summed E-state index contributed by atoms with van der Waals surface area (Å²) in [6.07, 6.45) is 0.548. The fraction of sp³-hybridized carbons (Fsp3) is 0.333. The van der Waals surface area contributed by atoms with Crippen molar-refractivity contribution in [1.82, 2.24) is 15.1 Å². The van der Waals surface area contributed by atoms with E-state index in [1.54, 1.807) is 12.1 Å². The molecular weight excluding hydrogens is 346 g/mol. The molecule has 1 aliphatic rings. The largest absolute Gasteiger partial charge is 0.480 e. The van der Waals surface area contributed by atoms with E-state index < -0.39 is 24.5 Å². The Balaban J connectivity index is 1.72. The molecule has 10 heteroatoms. The van der Waals surface area contributed by atoms with Crippen LogP contribution in [0.15, 0.2) is 24.3 Å². The number of amides is 3. The molecule has 25 heavy (non-hydrogen) atoms. The van der Waals surface area contributed by atoms with Gasteiger partial charge in [0.2, 0.25) is 0 Å². The summed E-state index contributed by atoms with van der Waals surface area (Å²) >= 11 is 5.17. The van der Waals surface area contributed by atoms with Crippen molar-refractivity contribution in [3.8, 4) is 0 Å². The summed E-state index contributed by atoms with van der Waals surface area (Å²) in [6.45, 7) is 0.0908. The van der Waals surface area contributed by atoms with Crippen molar-refractivity contribution in [1.29, 1.82) is 0 Å². The number of thiocarbonyl (C=S) groups is 1. The van der Waals surface area contributed by atoms with E-state index in [2.05, 4.69) is 10.6 Å². The molecule has 134 valence electrons. The van der Waals surface area contributed by atoms with Crippen LogP contribution in [0.5, 0.6) is 0 Å². The number of carboxylic acids is 1. The van der Waals surface area contributed by atoms with Crippen LogP contribution in [0.25, 0.3) is 0 Å². The average molecular weight is 365 g/mol. The first-order chi connectivity index (χ1) is 11.9. The van der Waals surface area contributed by atoms with Gasteiger partial charge in [0.25, 0.3) is 5.91 Å². The smallest absolute Gasteiger partial charge is 0.327 e. The molecule has 0 unspecified atom stereocenters. The molecule has 9 nitrogen and oxygen atoms in total. The third kappa shape index (κ3) is 5.05. The van der Waals surface area contributed by atoms with Gasteiger partial charge in [-0.2, -0.15) is 0 Å². The molecule has 1 fully saturated rings. The van der Waals surface area contributed by atoms with Crippen molar-refractivity contribution < 1.29 is 19.5 Å². The number of rotatable bonds is 7. The monoisotopic (exact) mass is 365 g/mol. The van der Waals surface area contributed by atoms with Crippen molar-refractivity contribution in [2.75, 3.05) is 37.2 Å². The Kier molecular flexibility index (Phi) is 6.12. The number of nitrogens with one attached hydrogen (secondary N) is 2. The molecule has 5 N–H and O–H groups in total. The van der Waals surface area contributed by atoms with Crippen molar-refractivity contribution in [2.24, 2.45) is 0 Å². The zero-order valence-corrected chi connectivity index (χ0v) is 14.2. The molecule has 1 aliphatic heterocycles. The molecule has 0 bridgehead atoms. The second kappa shape index (κ2) is 8.29. The van der Waals surface area contributed by atoms with E-state index in [4.69, 9.17) is 23.1 Å². The Morgan fingerprint density at radius 3 is 2.72 bits per heavy atom. The zero-order valence-electron chi connectivity index (χ0n) is 13.4.